The molecule has 4 heteroatoms. The van der Waals surface area contributed by atoms with Gasteiger partial charge in [0, 0.05) is 17.2 Å². The smallest absolute Gasteiger partial charge is 0.123 e. The summed E-state index contributed by atoms with van der Waals surface area (Å²) in [5, 5.41) is 14.8. The standard InChI is InChI=1S/C19H16FNO2/c20-12-9-7-11(8-10-12)17-14-4-1-3-13(14)15-5-2-6-16(19(22)23)18(15)21-17/h1-3,5-10,13-14,17,21H,4H2,(H,22,23)/p-1/t13-,14+,17+/m0/s1. The van der Waals surface area contributed by atoms with Gasteiger partial charge in [0.2, 0.25) is 0 Å². The maximum atomic E-state index is 13.2. The number of carbonyl (C=O) groups excluding carboxylic acids is 1. The molecule has 2 aromatic carbocycles. The molecule has 0 bridgehead atoms. The third kappa shape index (κ3) is 2.22. The molecule has 0 saturated heterocycles. The maximum absolute atomic E-state index is 13.2. The molecule has 1 heterocycles. The number of benzene rings is 2. The second kappa shape index (κ2) is 5.23. The molecule has 3 atom stereocenters. The van der Waals surface area contributed by atoms with E-state index in [2.05, 4.69) is 17.5 Å². The van der Waals surface area contributed by atoms with Gasteiger partial charge in [0.1, 0.15) is 5.82 Å². The van der Waals surface area contributed by atoms with Crippen LogP contribution in [0.3, 0.4) is 0 Å². The number of fused-ring (bicyclic) bond motifs is 3. The molecule has 2 aliphatic rings. The molecule has 0 amide bonds. The molecule has 0 spiro atoms. The SMILES string of the molecule is O=C([O-])c1cccc2c1N[C@H](c1ccc(F)cc1)[C@@H]1CC=C[C@H]21. The van der Waals surface area contributed by atoms with Crippen molar-refractivity contribution in [3.63, 3.8) is 0 Å². The lowest BCUT2D eigenvalue weighted by atomic mass is 9.76. The van der Waals surface area contributed by atoms with Gasteiger partial charge in [-0.3, -0.25) is 0 Å². The number of aromatic carboxylic acids is 1. The Bertz CT molecular complexity index is 798. The van der Waals surface area contributed by atoms with Crippen LogP contribution >= 0.6 is 0 Å². The van der Waals surface area contributed by atoms with Gasteiger partial charge >= 0.3 is 0 Å². The Morgan fingerprint density at radius 1 is 1.17 bits per heavy atom. The number of rotatable bonds is 2. The zero-order valence-corrected chi connectivity index (χ0v) is 12.3. The number of hydrogen-bond donors (Lipinski definition) is 1. The van der Waals surface area contributed by atoms with Crippen LogP contribution in [0.2, 0.25) is 0 Å². The fourth-order valence-corrected chi connectivity index (χ4v) is 3.79. The number of allylic oxidation sites excluding steroid dienone is 2. The van der Waals surface area contributed by atoms with Gasteiger partial charge in [-0.1, -0.05) is 42.5 Å². The van der Waals surface area contributed by atoms with Gasteiger partial charge in [-0.2, -0.15) is 0 Å². The number of nitrogens with one attached hydrogen (secondary N) is 1. The maximum Gasteiger partial charge on any atom is 0.123 e. The molecule has 2 aromatic rings. The van der Waals surface area contributed by atoms with Crippen molar-refractivity contribution in [1.29, 1.82) is 0 Å². The lowest BCUT2D eigenvalue weighted by molar-refractivity contribution is -0.254. The van der Waals surface area contributed by atoms with Crippen molar-refractivity contribution in [3.05, 3.63) is 77.1 Å². The largest absolute Gasteiger partial charge is 0.545 e. The van der Waals surface area contributed by atoms with E-state index in [1.54, 1.807) is 24.3 Å². The van der Waals surface area contributed by atoms with Crippen molar-refractivity contribution in [1.82, 2.24) is 0 Å². The summed E-state index contributed by atoms with van der Waals surface area (Å²) in [4.78, 5) is 11.4. The van der Waals surface area contributed by atoms with Crippen LogP contribution in [0.5, 0.6) is 0 Å². The molecule has 23 heavy (non-hydrogen) atoms. The van der Waals surface area contributed by atoms with Crippen molar-refractivity contribution >= 4 is 11.7 Å². The van der Waals surface area contributed by atoms with Crippen molar-refractivity contribution in [2.24, 2.45) is 5.92 Å². The van der Waals surface area contributed by atoms with Crippen LogP contribution in [0.4, 0.5) is 10.1 Å². The first-order valence-corrected chi connectivity index (χ1v) is 7.68. The summed E-state index contributed by atoms with van der Waals surface area (Å²) in [5.41, 5.74) is 2.75. The summed E-state index contributed by atoms with van der Waals surface area (Å²) in [7, 11) is 0. The zero-order valence-electron chi connectivity index (χ0n) is 12.3. The van der Waals surface area contributed by atoms with Crippen molar-refractivity contribution in [3.8, 4) is 0 Å². The number of carboxylic acids is 1. The van der Waals surface area contributed by atoms with Crippen molar-refractivity contribution in [2.45, 2.75) is 18.4 Å². The highest BCUT2D eigenvalue weighted by atomic mass is 19.1. The Balaban J connectivity index is 1.83. The molecule has 116 valence electrons. The number of anilines is 1. The van der Waals surface area contributed by atoms with E-state index in [9.17, 15) is 14.3 Å². The van der Waals surface area contributed by atoms with Gasteiger partial charge in [-0.15, -0.1) is 0 Å². The van der Waals surface area contributed by atoms with Crippen molar-refractivity contribution in [2.75, 3.05) is 5.32 Å². The fraction of sp³-hybridized carbons (Fsp3) is 0.211. The summed E-state index contributed by atoms with van der Waals surface area (Å²) in [5.74, 6) is -1.00. The fourth-order valence-electron chi connectivity index (χ4n) is 3.79. The number of carbonyl (C=O) groups is 1. The van der Waals surface area contributed by atoms with Crippen LogP contribution in [0.15, 0.2) is 54.6 Å². The third-order valence-electron chi connectivity index (χ3n) is 4.85. The first-order chi connectivity index (χ1) is 11.1. The minimum Gasteiger partial charge on any atom is -0.545 e. The molecule has 3 nitrogen and oxygen atoms in total. The van der Waals surface area contributed by atoms with E-state index in [0.29, 0.717) is 11.6 Å². The lowest BCUT2D eigenvalue weighted by Crippen LogP contribution is -2.32. The predicted molar refractivity (Wildman–Crippen MR) is 83.5 cm³/mol. The minimum atomic E-state index is -1.19. The number of para-hydroxylation sites is 1. The van der Waals surface area contributed by atoms with E-state index in [1.165, 1.54) is 12.1 Å². The van der Waals surface area contributed by atoms with Crippen LogP contribution in [-0.2, 0) is 0 Å². The van der Waals surface area contributed by atoms with E-state index < -0.39 is 5.97 Å². The Morgan fingerprint density at radius 2 is 1.96 bits per heavy atom. The van der Waals surface area contributed by atoms with Gasteiger partial charge < -0.3 is 15.2 Å². The molecule has 0 aromatic heterocycles. The molecular formula is C19H15FNO2-. The molecule has 0 unspecified atom stereocenters. The Labute approximate surface area is 133 Å². The van der Waals surface area contributed by atoms with E-state index in [1.807, 2.05) is 6.07 Å². The van der Waals surface area contributed by atoms with E-state index >= 15 is 0 Å². The highest BCUT2D eigenvalue weighted by molar-refractivity contribution is 5.94. The first kappa shape index (κ1) is 14.0. The van der Waals surface area contributed by atoms with Crippen LogP contribution < -0.4 is 10.4 Å². The van der Waals surface area contributed by atoms with E-state index in [0.717, 1.165) is 17.5 Å². The van der Waals surface area contributed by atoms with Gasteiger partial charge in [0.15, 0.2) is 0 Å². The summed E-state index contributed by atoms with van der Waals surface area (Å²) >= 11 is 0. The van der Waals surface area contributed by atoms with Gasteiger partial charge in [-0.25, -0.2) is 4.39 Å². The summed E-state index contributed by atoms with van der Waals surface area (Å²) < 4.78 is 13.2. The van der Waals surface area contributed by atoms with Gasteiger partial charge in [0.05, 0.1) is 12.0 Å². The number of hydrogen-bond acceptors (Lipinski definition) is 3. The number of halogens is 1. The zero-order chi connectivity index (χ0) is 16.0. The monoisotopic (exact) mass is 308 g/mol. The highest BCUT2D eigenvalue weighted by Gasteiger charge is 2.38. The van der Waals surface area contributed by atoms with E-state index in [-0.39, 0.29) is 23.3 Å². The predicted octanol–water partition coefficient (Wildman–Crippen LogP) is 3.02. The summed E-state index contributed by atoms with van der Waals surface area (Å²) in [6, 6.07) is 11.6. The molecule has 0 radical (unpaired) electrons. The van der Waals surface area contributed by atoms with Crippen LogP contribution in [0, 0.1) is 11.7 Å². The minimum absolute atomic E-state index is 0.0522. The second-order valence-corrected chi connectivity index (χ2v) is 6.08. The Kier molecular flexibility index (Phi) is 3.18. The van der Waals surface area contributed by atoms with Crippen LogP contribution in [0.1, 0.15) is 39.9 Å². The molecule has 1 aliphatic carbocycles. The number of carboxylic acid groups (broad SMARTS) is 1. The highest BCUT2D eigenvalue weighted by Crippen LogP contribution is 2.50. The summed E-state index contributed by atoms with van der Waals surface area (Å²) in [6.07, 6.45) is 5.18. The van der Waals surface area contributed by atoms with Gasteiger partial charge in [0.25, 0.3) is 0 Å². The van der Waals surface area contributed by atoms with Crippen molar-refractivity contribution < 1.29 is 14.3 Å². The molecular weight excluding hydrogens is 293 g/mol. The van der Waals surface area contributed by atoms with Gasteiger partial charge in [-0.05, 0) is 35.6 Å². The molecule has 1 aliphatic heterocycles. The normalized spacial score (nSPS) is 24.7. The lowest BCUT2D eigenvalue weighted by Gasteiger charge is -2.38. The Morgan fingerprint density at radius 3 is 2.70 bits per heavy atom. The quantitative estimate of drug-likeness (QED) is 0.868. The third-order valence-corrected chi connectivity index (χ3v) is 4.85. The molecule has 4 rings (SSSR count). The second-order valence-electron chi connectivity index (χ2n) is 6.08. The first-order valence-electron chi connectivity index (χ1n) is 7.68. The molecule has 0 fully saturated rings. The van der Waals surface area contributed by atoms with E-state index in [4.69, 9.17) is 0 Å². The average molecular weight is 308 g/mol. The van der Waals surface area contributed by atoms with Crippen LogP contribution in [-0.4, -0.2) is 5.97 Å². The molecule has 0 saturated carbocycles. The summed E-state index contributed by atoms with van der Waals surface area (Å²) in [6.45, 7) is 0. The topological polar surface area (TPSA) is 52.2 Å². The van der Waals surface area contributed by atoms with Crippen LogP contribution in [0.25, 0.3) is 0 Å². The average Bonchev–Trinajstić information content (AvgIpc) is 3.04. The Hall–Kier alpha value is -2.62. The molecule has 1 N–H and O–H groups in total.